The van der Waals surface area contributed by atoms with Crippen LogP contribution in [0.15, 0.2) is 90.5 Å². The van der Waals surface area contributed by atoms with E-state index < -0.39 is 0 Å². The molecule has 1 aliphatic carbocycles. The average Bonchev–Trinajstić information content (AvgIpc) is 3.05. The predicted octanol–water partition coefficient (Wildman–Crippen LogP) is 6.94. The topological polar surface area (TPSA) is 15.7 Å². The van der Waals surface area contributed by atoms with Crippen LogP contribution in [0.5, 0.6) is 0 Å². The number of rotatable bonds is 6. The van der Waals surface area contributed by atoms with Crippen LogP contribution < -0.4 is 4.90 Å². The zero-order valence-electron chi connectivity index (χ0n) is 18.9. The fraction of sp³-hybridized carbons (Fsp3) is 0.333. The van der Waals surface area contributed by atoms with Gasteiger partial charge in [-0.3, -0.25) is 4.90 Å². The van der Waals surface area contributed by atoms with Gasteiger partial charge in [0.05, 0.1) is 0 Å². The molecule has 32 heavy (non-hydrogen) atoms. The molecule has 5 heteroatoms. The van der Waals surface area contributed by atoms with Crippen LogP contribution in [0, 0.1) is 0 Å². The number of halogens is 2. The molecule has 0 spiro atoms. The van der Waals surface area contributed by atoms with E-state index in [0.29, 0.717) is 12.2 Å². The normalized spacial score (nSPS) is 17.4. The van der Waals surface area contributed by atoms with Gasteiger partial charge in [0.2, 0.25) is 0 Å². The summed E-state index contributed by atoms with van der Waals surface area (Å²) in [4.78, 5) is 4.79. The van der Waals surface area contributed by atoms with Crippen molar-refractivity contribution in [3.8, 4) is 0 Å². The predicted molar refractivity (Wildman–Crippen MR) is 133 cm³/mol. The summed E-state index contributed by atoms with van der Waals surface area (Å²) in [6, 6.07) is 18.3. The van der Waals surface area contributed by atoms with Crippen molar-refractivity contribution in [1.82, 2.24) is 4.90 Å². The first-order valence-corrected chi connectivity index (χ1v) is 11.7. The summed E-state index contributed by atoms with van der Waals surface area (Å²) in [6.45, 7) is 8.56. The molecule has 0 N–H and O–H groups in total. The number of hydrogen-bond donors (Lipinski definition) is 0. The van der Waals surface area contributed by atoms with Crippen LogP contribution in [0.2, 0.25) is 5.02 Å². The molecule has 0 bridgehead atoms. The standard InChI is InChI=1S/C25H26ClFN2O.C2H6/c26-21-8-4-10-23(18-21)29-16-14-28(15-17-29)19-25(20-6-2-1-3-7-20)30-24-11-5-9-22(27)12-13-24;1-2/h1-8,10-13,18,25H,9,14-17,19H2;1-2H3. The zero-order chi connectivity index (χ0) is 22.8. The molecule has 2 aromatic carbocycles. The second kappa shape index (κ2) is 12.5. The maximum Gasteiger partial charge on any atom is 0.136 e. The van der Waals surface area contributed by atoms with Crippen LogP contribution in [0.25, 0.3) is 0 Å². The molecule has 170 valence electrons. The highest BCUT2D eigenvalue weighted by Crippen LogP contribution is 2.26. The van der Waals surface area contributed by atoms with Crippen molar-refractivity contribution in [3.63, 3.8) is 0 Å². The Morgan fingerprint density at radius 1 is 0.969 bits per heavy atom. The number of hydrogen-bond acceptors (Lipinski definition) is 3. The highest BCUT2D eigenvalue weighted by molar-refractivity contribution is 6.30. The van der Waals surface area contributed by atoms with Gasteiger partial charge in [-0.15, -0.1) is 0 Å². The summed E-state index contributed by atoms with van der Waals surface area (Å²) in [6.07, 6.45) is 7.05. The van der Waals surface area contributed by atoms with Crippen molar-refractivity contribution in [2.24, 2.45) is 0 Å². The van der Waals surface area contributed by atoms with Crippen molar-refractivity contribution in [3.05, 3.63) is 101 Å². The van der Waals surface area contributed by atoms with Gasteiger partial charge < -0.3 is 9.64 Å². The first-order chi connectivity index (χ1) is 15.7. The largest absolute Gasteiger partial charge is 0.484 e. The highest BCUT2D eigenvalue weighted by Gasteiger charge is 2.23. The van der Waals surface area contributed by atoms with Crippen molar-refractivity contribution < 1.29 is 9.13 Å². The molecule has 0 aromatic heterocycles. The monoisotopic (exact) mass is 454 g/mol. The molecule has 1 fully saturated rings. The molecule has 0 amide bonds. The van der Waals surface area contributed by atoms with E-state index in [1.54, 1.807) is 12.2 Å². The van der Waals surface area contributed by atoms with E-state index >= 15 is 0 Å². The highest BCUT2D eigenvalue weighted by atomic mass is 35.5. The summed E-state index contributed by atoms with van der Waals surface area (Å²) < 4.78 is 19.9. The minimum Gasteiger partial charge on any atom is -0.484 e. The fourth-order valence-electron chi connectivity index (χ4n) is 3.80. The van der Waals surface area contributed by atoms with Crippen molar-refractivity contribution in [2.45, 2.75) is 26.4 Å². The average molecular weight is 455 g/mol. The lowest BCUT2D eigenvalue weighted by molar-refractivity contribution is 0.0780. The molecule has 1 aliphatic heterocycles. The summed E-state index contributed by atoms with van der Waals surface area (Å²) in [5, 5.41) is 0.766. The van der Waals surface area contributed by atoms with Gasteiger partial charge >= 0.3 is 0 Å². The molecule has 1 unspecified atom stereocenters. The Hall–Kier alpha value is -2.56. The van der Waals surface area contributed by atoms with Crippen molar-refractivity contribution >= 4 is 17.3 Å². The van der Waals surface area contributed by atoms with Crippen LogP contribution in [-0.4, -0.2) is 37.6 Å². The molecule has 0 radical (unpaired) electrons. The van der Waals surface area contributed by atoms with Crippen molar-refractivity contribution in [2.75, 3.05) is 37.6 Å². The van der Waals surface area contributed by atoms with Gasteiger partial charge in [0, 0.05) is 49.9 Å². The number of anilines is 1. The van der Waals surface area contributed by atoms with Crippen LogP contribution in [-0.2, 0) is 4.74 Å². The Kier molecular flexibility index (Phi) is 9.39. The molecule has 2 aliphatic rings. The summed E-state index contributed by atoms with van der Waals surface area (Å²) in [5.74, 6) is 0.535. The van der Waals surface area contributed by atoms with E-state index in [1.165, 1.54) is 11.8 Å². The molecule has 1 saturated heterocycles. The van der Waals surface area contributed by atoms with Gasteiger partial charge in [-0.2, -0.15) is 0 Å². The third-order valence-corrected chi connectivity index (χ3v) is 5.68. The van der Waals surface area contributed by atoms with E-state index in [0.717, 1.165) is 43.3 Å². The minimum absolute atomic E-state index is 0.116. The third-order valence-electron chi connectivity index (χ3n) is 5.44. The molecule has 1 heterocycles. The Morgan fingerprint density at radius 2 is 1.72 bits per heavy atom. The fourth-order valence-corrected chi connectivity index (χ4v) is 3.99. The van der Waals surface area contributed by atoms with E-state index in [-0.39, 0.29) is 11.9 Å². The first kappa shape index (κ1) is 24.1. The van der Waals surface area contributed by atoms with E-state index in [1.807, 2.05) is 56.3 Å². The van der Waals surface area contributed by atoms with Crippen LogP contribution in [0.4, 0.5) is 10.1 Å². The third kappa shape index (κ3) is 6.98. The van der Waals surface area contributed by atoms with Gasteiger partial charge in [-0.05, 0) is 42.0 Å². The van der Waals surface area contributed by atoms with Crippen LogP contribution in [0.1, 0.15) is 31.9 Å². The Morgan fingerprint density at radius 3 is 2.44 bits per heavy atom. The Bertz CT molecular complexity index is 934. The molecule has 3 nitrogen and oxygen atoms in total. The molecular weight excluding hydrogens is 423 g/mol. The van der Waals surface area contributed by atoms with Gasteiger partial charge in [0.25, 0.3) is 0 Å². The van der Waals surface area contributed by atoms with E-state index in [9.17, 15) is 4.39 Å². The molecule has 0 saturated carbocycles. The van der Waals surface area contributed by atoms with Gasteiger partial charge in [-0.25, -0.2) is 4.39 Å². The van der Waals surface area contributed by atoms with E-state index in [4.69, 9.17) is 16.3 Å². The zero-order valence-corrected chi connectivity index (χ0v) is 19.6. The maximum atomic E-state index is 13.5. The quantitative estimate of drug-likeness (QED) is 0.470. The second-order valence-corrected chi connectivity index (χ2v) is 8.01. The van der Waals surface area contributed by atoms with Gasteiger partial charge in [0.1, 0.15) is 17.7 Å². The lowest BCUT2D eigenvalue weighted by atomic mass is 10.1. The van der Waals surface area contributed by atoms with Gasteiger partial charge in [0.15, 0.2) is 0 Å². The minimum atomic E-state index is -0.154. The number of nitrogens with zero attached hydrogens (tertiary/aromatic N) is 2. The second-order valence-electron chi connectivity index (χ2n) is 7.57. The maximum absolute atomic E-state index is 13.5. The Labute approximate surface area is 196 Å². The summed E-state index contributed by atoms with van der Waals surface area (Å²) in [5.41, 5.74) is 2.29. The van der Waals surface area contributed by atoms with Crippen LogP contribution >= 0.6 is 11.6 Å². The Balaban J connectivity index is 0.00000141. The lowest BCUT2D eigenvalue weighted by Crippen LogP contribution is -2.47. The number of ether oxygens (including phenoxy) is 1. The SMILES string of the molecule is CC.FC1=CC=C(OC(CN2CCN(c3cccc(Cl)c3)CC2)c2ccccc2)C=CC1. The number of allylic oxidation sites excluding steroid dienone is 5. The lowest BCUT2D eigenvalue weighted by Gasteiger charge is -2.37. The number of benzene rings is 2. The van der Waals surface area contributed by atoms with E-state index in [2.05, 4.69) is 28.0 Å². The first-order valence-electron chi connectivity index (χ1n) is 11.3. The molecular formula is C27H32ClFN2O. The molecule has 2 aromatic rings. The number of piperazine rings is 1. The van der Waals surface area contributed by atoms with Gasteiger partial charge in [-0.1, -0.05) is 67.9 Å². The molecule has 4 rings (SSSR count). The molecule has 1 atom stereocenters. The summed E-state index contributed by atoms with van der Waals surface area (Å²) in [7, 11) is 0. The van der Waals surface area contributed by atoms with Crippen molar-refractivity contribution in [1.29, 1.82) is 0 Å². The van der Waals surface area contributed by atoms with Crippen LogP contribution in [0.3, 0.4) is 0 Å². The summed E-state index contributed by atoms with van der Waals surface area (Å²) >= 11 is 6.15. The smallest absolute Gasteiger partial charge is 0.136 e.